The van der Waals surface area contributed by atoms with Crippen molar-refractivity contribution in [3.8, 4) is 28.4 Å². The second kappa shape index (κ2) is 14.2. The summed E-state index contributed by atoms with van der Waals surface area (Å²) in [6.07, 6.45) is 2.24. The van der Waals surface area contributed by atoms with Crippen molar-refractivity contribution in [2.75, 3.05) is 26.8 Å². The van der Waals surface area contributed by atoms with Crippen molar-refractivity contribution in [3.05, 3.63) is 72.3 Å². The highest BCUT2D eigenvalue weighted by atomic mass is 16.5. The molecule has 10 nitrogen and oxygen atoms in total. The molecule has 0 heterocycles. The molecular weight excluding hydrogens is 538 g/mol. The highest BCUT2D eigenvalue weighted by Crippen LogP contribution is 2.38. The highest BCUT2D eigenvalue weighted by molar-refractivity contribution is 5.86. The molecule has 3 aromatic carbocycles. The molecule has 1 atom stereocenters. The molecule has 0 bridgehead atoms. The Bertz CT molecular complexity index is 1350. The van der Waals surface area contributed by atoms with Gasteiger partial charge in [-0.15, -0.1) is 0 Å². The standard InChI is InChI=1S/C32H37N3O7/c1-40-25-17-15-24(16-18-25)34-35-31(37)23-13-11-22(12-14-23)30(36)33-26(32(38)39)19-20-7-9-21(10-8-20)29-27(41-2)5-4-6-28(29)42-3/h4-10,15-18,22-23,26,34H,11-14,19H2,1-3H3,(H,33,36)(H,35,37)(H,38,39)/t22?,23?,26-/m0/s1. The topological polar surface area (TPSA) is 135 Å². The first-order valence-corrected chi connectivity index (χ1v) is 13.9. The number of anilines is 1. The lowest BCUT2D eigenvalue weighted by Crippen LogP contribution is -2.46. The second-order valence-corrected chi connectivity index (χ2v) is 10.2. The minimum absolute atomic E-state index is 0.137. The van der Waals surface area contributed by atoms with E-state index in [1.54, 1.807) is 45.6 Å². The van der Waals surface area contributed by atoms with Crippen LogP contribution in [0, 0.1) is 11.8 Å². The molecule has 0 radical (unpaired) electrons. The van der Waals surface area contributed by atoms with Crippen LogP contribution in [0.3, 0.4) is 0 Å². The van der Waals surface area contributed by atoms with Crippen molar-refractivity contribution in [2.45, 2.75) is 38.1 Å². The Morgan fingerprint density at radius 1 is 0.786 bits per heavy atom. The molecule has 0 spiro atoms. The fourth-order valence-corrected chi connectivity index (χ4v) is 5.20. The molecule has 0 unspecified atom stereocenters. The van der Waals surface area contributed by atoms with Crippen molar-refractivity contribution < 1.29 is 33.7 Å². The molecule has 222 valence electrons. The molecule has 42 heavy (non-hydrogen) atoms. The summed E-state index contributed by atoms with van der Waals surface area (Å²) < 4.78 is 16.1. The number of hydrogen-bond acceptors (Lipinski definition) is 7. The van der Waals surface area contributed by atoms with E-state index < -0.39 is 12.0 Å². The van der Waals surface area contributed by atoms with Crippen LogP contribution < -0.4 is 30.4 Å². The Balaban J connectivity index is 1.29. The van der Waals surface area contributed by atoms with Crippen LogP contribution in [0.15, 0.2) is 66.7 Å². The highest BCUT2D eigenvalue weighted by Gasteiger charge is 2.32. The average Bonchev–Trinajstić information content (AvgIpc) is 3.03. The van der Waals surface area contributed by atoms with Gasteiger partial charge in [0.25, 0.3) is 0 Å². The third-order valence-corrected chi connectivity index (χ3v) is 7.61. The van der Waals surface area contributed by atoms with Gasteiger partial charge in [-0.25, -0.2) is 4.79 Å². The average molecular weight is 576 g/mol. The fraction of sp³-hybridized carbons (Fsp3) is 0.344. The molecule has 2 amide bonds. The molecule has 4 N–H and O–H groups in total. The second-order valence-electron chi connectivity index (χ2n) is 10.2. The van der Waals surface area contributed by atoms with Crippen LogP contribution in [0.4, 0.5) is 5.69 Å². The van der Waals surface area contributed by atoms with Gasteiger partial charge < -0.3 is 24.6 Å². The quantitative estimate of drug-likeness (QED) is 0.233. The summed E-state index contributed by atoms with van der Waals surface area (Å²) in [6, 6.07) is 19.1. The molecule has 1 saturated carbocycles. The Kier molecular flexibility index (Phi) is 10.3. The van der Waals surface area contributed by atoms with Crippen LogP contribution >= 0.6 is 0 Å². The number of methoxy groups -OCH3 is 3. The van der Waals surface area contributed by atoms with Crippen molar-refractivity contribution in [1.82, 2.24) is 10.7 Å². The zero-order valence-corrected chi connectivity index (χ0v) is 24.0. The number of ether oxygens (including phenoxy) is 3. The number of carbonyl (C=O) groups excluding carboxylic acids is 2. The number of benzene rings is 3. The van der Waals surface area contributed by atoms with Gasteiger partial charge in [0.05, 0.1) is 32.6 Å². The normalized spacial score (nSPS) is 16.9. The monoisotopic (exact) mass is 575 g/mol. The van der Waals surface area contributed by atoms with Crippen molar-refractivity contribution >= 4 is 23.5 Å². The zero-order valence-electron chi connectivity index (χ0n) is 24.0. The van der Waals surface area contributed by atoms with Gasteiger partial charge >= 0.3 is 5.97 Å². The van der Waals surface area contributed by atoms with Crippen molar-refractivity contribution in [2.24, 2.45) is 11.8 Å². The Labute approximate surface area is 245 Å². The molecule has 1 fully saturated rings. The van der Waals surface area contributed by atoms with E-state index in [-0.39, 0.29) is 30.1 Å². The zero-order chi connectivity index (χ0) is 30.1. The molecule has 1 aliphatic carbocycles. The predicted molar refractivity (Wildman–Crippen MR) is 158 cm³/mol. The lowest BCUT2D eigenvalue weighted by Gasteiger charge is -2.28. The van der Waals surface area contributed by atoms with E-state index in [1.165, 1.54) is 0 Å². The summed E-state index contributed by atoms with van der Waals surface area (Å²) in [5.41, 5.74) is 8.80. The van der Waals surface area contributed by atoms with Gasteiger partial charge in [0, 0.05) is 18.3 Å². The minimum atomic E-state index is -1.10. The maximum absolute atomic E-state index is 13.0. The summed E-state index contributed by atoms with van der Waals surface area (Å²) in [7, 11) is 4.77. The molecule has 0 aliphatic heterocycles. The first-order chi connectivity index (χ1) is 20.3. The smallest absolute Gasteiger partial charge is 0.326 e. The molecule has 3 aromatic rings. The number of aliphatic carboxylic acids is 1. The van der Waals surface area contributed by atoms with Crippen LogP contribution in [0.5, 0.6) is 17.2 Å². The molecule has 4 rings (SSSR count). The largest absolute Gasteiger partial charge is 0.497 e. The third-order valence-electron chi connectivity index (χ3n) is 7.61. The van der Waals surface area contributed by atoms with Gasteiger partial charge in [-0.1, -0.05) is 30.3 Å². The Morgan fingerprint density at radius 2 is 1.36 bits per heavy atom. The summed E-state index contributed by atoms with van der Waals surface area (Å²) >= 11 is 0. The van der Waals surface area contributed by atoms with Crippen molar-refractivity contribution in [1.29, 1.82) is 0 Å². The molecule has 0 saturated heterocycles. The van der Waals surface area contributed by atoms with E-state index >= 15 is 0 Å². The van der Waals surface area contributed by atoms with Crippen LogP contribution in [0.2, 0.25) is 0 Å². The molecule has 10 heteroatoms. The SMILES string of the molecule is COc1ccc(NNC(=O)C2CCC(C(=O)N[C@@H](Cc3ccc(-c4c(OC)cccc4OC)cc3)C(=O)O)CC2)cc1. The van der Waals surface area contributed by atoms with E-state index in [0.29, 0.717) is 37.2 Å². The maximum Gasteiger partial charge on any atom is 0.326 e. The van der Waals surface area contributed by atoms with Gasteiger partial charge in [0.15, 0.2) is 0 Å². The van der Waals surface area contributed by atoms with E-state index in [9.17, 15) is 19.5 Å². The van der Waals surface area contributed by atoms with E-state index in [2.05, 4.69) is 16.2 Å². The number of hydrazine groups is 1. The maximum atomic E-state index is 13.0. The van der Waals surface area contributed by atoms with Crippen molar-refractivity contribution in [3.63, 3.8) is 0 Å². The van der Waals surface area contributed by atoms with Crippen LogP contribution in [-0.2, 0) is 20.8 Å². The van der Waals surface area contributed by atoms with Gasteiger partial charge in [0.2, 0.25) is 11.8 Å². The number of nitrogens with one attached hydrogen (secondary N) is 3. The number of rotatable bonds is 12. The molecule has 0 aromatic heterocycles. The third kappa shape index (κ3) is 7.51. The van der Waals surface area contributed by atoms with Gasteiger partial charge in [0.1, 0.15) is 23.3 Å². The van der Waals surface area contributed by atoms with Crippen LogP contribution in [0.25, 0.3) is 11.1 Å². The summed E-state index contributed by atoms with van der Waals surface area (Å²) in [5, 5.41) is 12.5. The lowest BCUT2D eigenvalue weighted by molar-refractivity contribution is -0.142. The summed E-state index contributed by atoms with van der Waals surface area (Å²) in [5.74, 6) is -0.0540. The van der Waals surface area contributed by atoms with E-state index in [0.717, 1.165) is 28.1 Å². The summed E-state index contributed by atoms with van der Waals surface area (Å²) in [4.78, 5) is 37.7. The van der Waals surface area contributed by atoms with Gasteiger partial charge in [-0.2, -0.15) is 0 Å². The van der Waals surface area contributed by atoms with Gasteiger partial charge in [-0.05, 0) is 73.2 Å². The summed E-state index contributed by atoms with van der Waals surface area (Å²) in [6.45, 7) is 0. The Hall–Kier alpha value is -4.73. The number of carboxylic acids is 1. The van der Waals surface area contributed by atoms with E-state index in [1.807, 2.05) is 42.5 Å². The number of hydrogen-bond donors (Lipinski definition) is 4. The van der Waals surface area contributed by atoms with E-state index in [4.69, 9.17) is 14.2 Å². The number of amides is 2. The minimum Gasteiger partial charge on any atom is -0.497 e. The van der Waals surface area contributed by atoms with Crippen LogP contribution in [-0.4, -0.2) is 50.3 Å². The molecular formula is C32H37N3O7. The fourth-order valence-electron chi connectivity index (χ4n) is 5.20. The predicted octanol–water partition coefficient (Wildman–Crippen LogP) is 4.44. The molecule has 1 aliphatic rings. The number of carbonyl (C=O) groups is 3. The Morgan fingerprint density at radius 3 is 1.88 bits per heavy atom. The number of carboxylic acid groups (broad SMARTS) is 1. The van der Waals surface area contributed by atoms with Gasteiger partial charge in [-0.3, -0.25) is 20.4 Å². The lowest BCUT2D eigenvalue weighted by atomic mass is 9.81. The first kappa shape index (κ1) is 30.2. The van der Waals surface area contributed by atoms with Crippen LogP contribution in [0.1, 0.15) is 31.2 Å². The first-order valence-electron chi connectivity index (χ1n) is 13.9.